The number of hydrogen-bond donors (Lipinski definition) is 1. The number of carbonyl (C=O) groups excluding carboxylic acids is 2. The van der Waals surface area contributed by atoms with E-state index in [0.717, 1.165) is 3.57 Å². The minimum Gasteiger partial charge on any atom is -0.460 e. The van der Waals surface area contributed by atoms with Gasteiger partial charge in [-0.15, -0.1) is 0 Å². The van der Waals surface area contributed by atoms with Gasteiger partial charge in [0.1, 0.15) is 12.4 Å². The molecule has 0 saturated heterocycles. The van der Waals surface area contributed by atoms with Gasteiger partial charge in [-0.3, -0.25) is 0 Å². The molecule has 6 heteroatoms. The molecule has 0 radical (unpaired) electrons. The number of esters is 1. The normalized spacial score (nSPS) is 9.58. The number of ether oxygens (including phenoxy) is 2. The minimum atomic E-state index is -0.589. The second kappa shape index (κ2) is 7.78. The Morgan fingerprint density at radius 2 is 2.16 bits per heavy atom. The molecule has 1 rings (SSSR count). The van der Waals surface area contributed by atoms with Gasteiger partial charge in [0, 0.05) is 9.14 Å². The van der Waals surface area contributed by atoms with E-state index in [9.17, 15) is 9.59 Å². The number of carbonyl (C=O) groups is 2. The average Bonchev–Trinajstić information content (AvgIpc) is 2.34. The highest BCUT2D eigenvalue weighted by molar-refractivity contribution is 14.1. The maximum atomic E-state index is 11.4. The van der Waals surface area contributed by atoms with E-state index in [2.05, 4.69) is 34.5 Å². The third-order valence-electron chi connectivity index (χ3n) is 1.96. The predicted octanol–water partition coefficient (Wildman–Crippen LogP) is 2.50. The van der Waals surface area contributed by atoms with E-state index in [1.165, 1.54) is 0 Å². The van der Waals surface area contributed by atoms with Gasteiger partial charge in [-0.2, -0.15) is 0 Å². The Labute approximate surface area is 125 Å². The third-order valence-corrected chi connectivity index (χ3v) is 2.63. The van der Waals surface area contributed by atoms with Crippen LogP contribution < -0.4 is 10.1 Å². The monoisotopic (exact) mass is 375 g/mol. The van der Waals surface area contributed by atoms with Crippen molar-refractivity contribution in [1.82, 2.24) is 5.32 Å². The second-order valence-electron chi connectivity index (χ2n) is 3.69. The summed E-state index contributed by atoms with van der Waals surface area (Å²) in [6.07, 6.45) is -0.589. The fraction of sp³-hybridized carbons (Fsp3) is 0.231. The highest BCUT2D eigenvalue weighted by atomic mass is 127. The summed E-state index contributed by atoms with van der Waals surface area (Å²) in [5.74, 6) is -0.0175. The highest BCUT2D eigenvalue weighted by Gasteiger charge is 2.05. The van der Waals surface area contributed by atoms with Crippen molar-refractivity contribution in [3.8, 4) is 5.75 Å². The molecule has 0 saturated carbocycles. The van der Waals surface area contributed by atoms with E-state index >= 15 is 0 Å². The lowest BCUT2D eigenvalue weighted by Crippen LogP contribution is -2.30. The molecule has 0 bridgehead atoms. The van der Waals surface area contributed by atoms with Crippen LogP contribution in [0.5, 0.6) is 5.75 Å². The molecule has 1 aromatic rings. The summed E-state index contributed by atoms with van der Waals surface area (Å²) in [6.45, 7) is 5.26. The van der Waals surface area contributed by atoms with Crippen LogP contribution in [0.1, 0.15) is 6.92 Å². The van der Waals surface area contributed by atoms with Gasteiger partial charge in [0.2, 0.25) is 0 Å². The number of rotatable bonds is 5. The van der Waals surface area contributed by atoms with Crippen molar-refractivity contribution >= 4 is 34.7 Å². The van der Waals surface area contributed by atoms with Gasteiger partial charge >= 0.3 is 12.1 Å². The molecule has 19 heavy (non-hydrogen) atoms. The molecule has 5 nitrogen and oxygen atoms in total. The van der Waals surface area contributed by atoms with Gasteiger partial charge in [0.25, 0.3) is 0 Å². The van der Waals surface area contributed by atoms with Crippen LogP contribution in [0.2, 0.25) is 0 Å². The third kappa shape index (κ3) is 6.23. The van der Waals surface area contributed by atoms with Crippen LogP contribution in [0, 0.1) is 3.57 Å². The molecule has 0 aliphatic rings. The molecular formula is C13H14INO4. The van der Waals surface area contributed by atoms with Crippen molar-refractivity contribution in [3.63, 3.8) is 0 Å². The Bertz CT molecular complexity index is 487. The van der Waals surface area contributed by atoms with Crippen LogP contribution in [0.15, 0.2) is 36.4 Å². The standard InChI is InChI=1S/C13H14INO4/c1-9(2)12(16)18-7-6-15-13(17)19-11-5-3-4-10(14)8-11/h3-5,8H,1,6-7H2,2H3,(H,15,17). The van der Waals surface area contributed by atoms with Crippen LogP contribution in [-0.4, -0.2) is 25.2 Å². The van der Waals surface area contributed by atoms with Gasteiger partial charge in [0.05, 0.1) is 6.54 Å². The summed E-state index contributed by atoms with van der Waals surface area (Å²) in [5, 5.41) is 2.47. The van der Waals surface area contributed by atoms with Crippen LogP contribution in [0.25, 0.3) is 0 Å². The minimum absolute atomic E-state index is 0.0765. The van der Waals surface area contributed by atoms with Crippen LogP contribution in [0.3, 0.4) is 0 Å². The summed E-state index contributed by atoms with van der Waals surface area (Å²) >= 11 is 2.12. The maximum absolute atomic E-state index is 11.4. The Morgan fingerprint density at radius 3 is 2.79 bits per heavy atom. The summed E-state index contributed by atoms with van der Waals surface area (Å²) in [5.41, 5.74) is 0.321. The molecule has 0 aliphatic carbocycles. The van der Waals surface area contributed by atoms with Crippen LogP contribution >= 0.6 is 22.6 Å². The Kier molecular flexibility index (Phi) is 6.34. The number of amides is 1. The summed E-state index contributed by atoms with van der Waals surface area (Å²) in [6, 6.07) is 7.10. The van der Waals surface area contributed by atoms with Crippen molar-refractivity contribution in [2.75, 3.05) is 13.2 Å². The number of benzene rings is 1. The SMILES string of the molecule is C=C(C)C(=O)OCCNC(=O)Oc1cccc(I)c1. The molecule has 0 unspecified atom stereocenters. The van der Waals surface area contributed by atoms with Gasteiger partial charge in [-0.25, -0.2) is 9.59 Å². The molecule has 0 aromatic heterocycles. The highest BCUT2D eigenvalue weighted by Crippen LogP contribution is 2.14. The van der Waals surface area contributed by atoms with Crippen molar-refractivity contribution in [2.45, 2.75) is 6.92 Å². The van der Waals surface area contributed by atoms with Crippen molar-refractivity contribution in [3.05, 3.63) is 40.0 Å². The van der Waals surface area contributed by atoms with E-state index in [0.29, 0.717) is 11.3 Å². The molecule has 0 atom stereocenters. The first-order valence-corrected chi connectivity index (χ1v) is 6.61. The predicted molar refractivity (Wildman–Crippen MR) is 79.0 cm³/mol. The lowest BCUT2D eigenvalue weighted by atomic mass is 10.3. The summed E-state index contributed by atoms with van der Waals surface area (Å²) < 4.78 is 10.8. The average molecular weight is 375 g/mol. The largest absolute Gasteiger partial charge is 0.460 e. The Hall–Kier alpha value is -1.57. The molecule has 1 N–H and O–H groups in total. The molecule has 1 aromatic carbocycles. The molecule has 0 aliphatic heterocycles. The number of halogens is 1. The van der Waals surface area contributed by atoms with E-state index in [4.69, 9.17) is 9.47 Å². The van der Waals surface area contributed by atoms with E-state index < -0.39 is 12.1 Å². The topological polar surface area (TPSA) is 64.6 Å². The first kappa shape index (κ1) is 15.5. The van der Waals surface area contributed by atoms with Gasteiger partial charge in [-0.05, 0) is 47.7 Å². The molecule has 0 fully saturated rings. The van der Waals surface area contributed by atoms with Gasteiger partial charge < -0.3 is 14.8 Å². The number of nitrogens with one attached hydrogen (secondary N) is 1. The molecule has 0 heterocycles. The summed E-state index contributed by atoms with van der Waals surface area (Å²) in [7, 11) is 0. The fourth-order valence-electron chi connectivity index (χ4n) is 1.09. The summed E-state index contributed by atoms with van der Waals surface area (Å²) in [4.78, 5) is 22.5. The second-order valence-corrected chi connectivity index (χ2v) is 4.94. The fourth-order valence-corrected chi connectivity index (χ4v) is 1.61. The molecule has 0 spiro atoms. The van der Waals surface area contributed by atoms with Crippen molar-refractivity contribution in [1.29, 1.82) is 0 Å². The van der Waals surface area contributed by atoms with Crippen molar-refractivity contribution < 1.29 is 19.1 Å². The van der Waals surface area contributed by atoms with Crippen LogP contribution in [0.4, 0.5) is 4.79 Å². The van der Waals surface area contributed by atoms with E-state index in [-0.39, 0.29) is 13.2 Å². The van der Waals surface area contributed by atoms with Gasteiger partial charge in [-0.1, -0.05) is 12.6 Å². The smallest absolute Gasteiger partial charge is 0.412 e. The first-order chi connectivity index (χ1) is 8.99. The molecule has 102 valence electrons. The molecule has 1 amide bonds. The van der Waals surface area contributed by atoms with E-state index in [1.54, 1.807) is 25.1 Å². The van der Waals surface area contributed by atoms with Crippen LogP contribution in [-0.2, 0) is 9.53 Å². The zero-order valence-electron chi connectivity index (χ0n) is 10.4. The zero-order chi connectivity index (χ0) is 14.3. The first-order valence-electron chi connectivity index (χ1n) is 5.53. The lowest BCUT2D eigenvalue weighted by molar-refractivity contribution is -0.138. The lowest BCUT2D eigenvalue weighted by Gasteiger charge is -2.07. The Morgan fingerprint density at radius 1 is 1.42 bits per heavy atom. The van der Waals surface area contributed by atoms with Gasteiger partial charge in [0.15, 0.2) is 0 Å². The van der Waals surface area contributed by atoms with E-state index in [1.807, 2.05) is 6.07 Å². The zero-order valence-corrected chi connectivity index (χ0v) is 12.6. The number of hydrogen-bond acceptors (Lipinski definition) is 4. The quantitative estimate of drug-likeness (QED) is 0.372. The maximum Gasteiger partial charge on any atom is 0.412 e. The van der Waals surface area contributed by atoms with Crippen molar-refractivity contribution in [2.24, 2.45) is 0 Å². The molecular weight excluding hydrogens is 361 g/mol. The Balaban J connectivity index is 2.25.